The van der Waals surface area contributed by atoms with Crippen molar-refractivity contribution >= 4 is 15.5 Å². The van der Waals surface area contributed by atoms with E-state index in [0.717, 1.165) is 5.69 Å². The number of benzene rings is 2. The van der Waals surface area contributed by atoms with Crippen molar-refractivity contribution in [1.82, 2.24) is 4.48 Å². The number of hydrogen-bond acceptors (Lipinski definition) is 2. The largest absolute Gasteiger partial charge is 0.283 e. The van der Waals surface area contributed by atoms with Crippen molar-refractivity contribution < 1.29 is 8.42 Å². The fourth-order valence-electron chi connectivity index (χ4n) is 2.03. The molecule has 2 rings (SSSR count). The van der Waals surface area contributed by atoms with Crippen LogP contribution in [0.15, 0.2) is 65.6 Å². The first-order valence-corrected chi connectivity index (χ1v) is 7.73. The van der Waals surface area contributed by atoms with Gasteiger partial charge in [0.1, 0.15) is 5.69 Å². The summed E-state index contributed by atoms with van der Waals surface area (Å²) in [6, 6.07) is 18.2. The van der Waals surface area contributed by atoms with Gasteiger partial charge < -0.3 is 0 Å². The average Bonchev–Trinajstić information content (AvgIpc) is 2.40. The number of sulfone groups is 1. The third kappa shape index (κ3) is 3.22. The molecule has 100 valence electrons. The zero-order chi connectivity index (χ0) is 13.9. The number of hydrogen-bond donors (Lipinski definition) is 0. The van der Waals surface area contributed by atoms with Crippen LogP contribution in [0, 0.1) is 0 Å². The van der Waals surface area contributed by atoms with E-state index in [4.69, 9.17) is 0 Å². The highest BCUT2D eigenvalue weighted by Crippen LogP contribution is 2.22. The van der Waals surface area contributed by atoms with Crippen molar-refractivity contribution in [2.75, 3.05) is 20.0 Å². The Labute approximate surface area is 114 Å². The van der Waals surface area contributed by atoms with Crippen molar-refractivity contribution in [3.05, 3.63) is 60.7 Å². The molecule has 0 amide bonds. The topological polar surface area (TPSA) is 34.1 Å². The molecule has 0 fully saturated rings. The standard InChI is InChI=1S/C15H18NO2S/c1-16(2,14-9-5-3-6-10-14)13-19(17,18)15-11-7-4-8-12-15/h3-12H,13H2,1-2H3/q+1. The summed E-state index contributed by atoms with van der Waals surface area (Å²) in [6.07, 6.45) is 0. The fraction of sp³-hybridized carbons (Fsp3) is 0.200. The Morgan fingerprint density at radius 2 is 1.32 bits per heavy atom. The molecule has 0 unspecified atom stereocenters. The summed E-state index contributed by atoms with van der Waals surface area (Å²) in [5, 5.41) is 0. The number of rotatable bonds is 4. The predicted octanol–water partition coefficient (Wildman–Crippen LogP) is 2.68. The van der Waals surface area contributed by atoms with E-state index >= 15 is 0 Å². The lowest BCUT2D eigenvalue weighted by molar-refractivity contribution is 0.448. The Morgan fingerprint density at radius 1 is 0.842 bits per heavy atom. The molecular weight excluding hydrogens is 258 g/mol. The summed E-state index contributed by atoms with van der Waals surface area (Å²) in [4.78, 5) is 0.372. The van der Waals surface area contributed by atoms with Gasteiger partial charge in [-0.1, -0.05) is 36.4 Å². The van der Waals surface area contributed by atoms with E-state index in [9.17, 15) is 8.42 Å². The van der Waals surface area contributed by atoms with E-state index in [-0.39, 0.29) is 5.88 Å². The average molecular weight is 276 g/mol. The zero-order valence-corrected chi connectivity index (χ0v) is 12.0. The quantitative estimate of drug-likeness (QED) is 0.805. The van der Waals surface area contributed by atoms with E-state index in [1.54, 1.807) is 24.3 Å². The van der Waals surface area contributed by atoms with E-state index in [0.29, 0.717) is 9.38 Å². The fourth-order valence-corrected chi connectivity index (χ4v) is 3.75. The molecule has 0 aliphatic rings. The molecule has 3 nitrogen and oxygen atoms in total. The summed E-state index contributed by atoms with van der Waals surface area (Å²) in [5.74, 6) is 0.0427. The van der Waals surface area contributed by atoms with Gasteiger partial charge in [0.05, 0.1) is 19.0 Å². The third-order valence-corrected chi connectivity index (χ3v) is 5.03. The van der Waals surface area contributed by atoms with Gasteiger partial charge in [-0.25, -0.2) is 8.42 Å². The second-order valence-electron chi connectivity index (χ2n) is 5.08. The number of para-hydroxylation sites is 1. The van der Waals surface area contributed by atoms with Crippen LogP contribution in [0.4, 0.5) is 5.69 Å². The molecule has 0 saturated carbocycles. The highest BCUT2D eigenvalue weighted by atomic mass is 32.2. The molecule has 0 N–H and O–H groups in total. The molecule has 2 aromatic rings. The first-order chi connectivity index (χ1) is 8.92. The molecule has 0 heterocycles. The van der Waals surface area contributed by atoms with E-state index in [1.165, 1.54) is 0 Å². The zero-order valence-electron chi connectivity index (χ0n) is 11.2. The summed E-state index contributed by atoms with van der Waals surface area (Å²) < 4.78 is 25.1. The van der Waals surface area contributed by atoms with Crippen molar-refractivity contribution in [2.24, 2.45) is 0 Å². The molecule has 0 spiro atoms. The Balaban J connectivity index is 2.31. The minimum absolute atomic E-state index is 0.0427. The van der Waals surface area contributed by atoms with Gasteiger partial charge in [-0.15, -0.1) is 0 Å². The smallest absolute Gasteiger partial charge is 0.229 e. The molecule has 4 heteroatoms. The van der Waals surface area contributed by atoms with Gasteiger partial charge in [0, 0.05) is 0 Å². The van der Waals surface area contributed by atoms with Crippen LogP contribution in [0.1, 0.15) is 0 Å². The second-order valence-corrected chi connectivity index (χ2v) is 7.04. The maximum atomic E-state index is 12.4. The van der Waals surface area contributed by atoms with Crippen molar-refractivity contribution in [2.45, 2.75) is 4.90 Å². The molecule has 0 saturated heterocycles. The Bertz CT molecular complexity index is 634. The highest BCUT2D eigenvalue weighted by molar-refractivity contribution is 7.91. The van der Waals surface area contributed by atoms with Crippen molar-refractivity contribution in [3.8, 4) is 0 Å². The number of quaternary nitrogens is 1. The lowest BCUT2D eigenvalue weighted by Gasteiger charge is -2.28. The summed E-state index contributed by atoms with van der Waals surface area (Å²) in [7, 11) is 0.503. The summed E-state index contributed by atoms with van der Waals surface area (Å²) in [6.45, 7) is 0. The Morgan fingerprint density at radius 3 is 1.84 bits per heavy atom. The molecule has 0 aliphatic heterocycles. The monoisotopic (exact) mass is 276 g/mol. The van der Waals surface area contributed by atoms with Gasteiger partial charge >= 0.3 is 0 Å². The van der Waals surface area contributed by atoms with Gasteiger partial charge in [-0.2, -0.15) is 0 Å². The van der Waals surface area contributed by atoms with Crippen molar-refractivity contribution in [1.29, 1.82) is 0 Å². The maximum Gasteiger partial charge on any atom is 0.229 e. The lowest BCUT2D eigenvalue weighted by atomic mass is 10.3. The predicted molar refractivity (Wildman–Crippen MR) is 78.6 cm³/mol. The molecule has 0 atom stereocenters. The van der Waals surface area contributed by atoms with Crippen molar-refractivity contribution in [3.63, 3.8) is 0 Å². The summed E-state index contributed by atoms with van der Waals surface area (Å²) in [5.41, 5.74) is 0.974. The SMILES string of the molecule is C[N+](C)(CS(=O)(=O)c1ccccc1)c1ccccc1. The minimum atomic E-state index is -3.29. The third-order valence-electron chi connectivity index (χ3n) is 3.05. The van der Waals surface area contributed by atoms with Crippen LogP contribution in [0.5, 0.6) is 0 Å². The Kier molecular flexibility index (Phi) is 3.73. The minimum Gasteiger partial charge on any atom is -0.283 e. The van der Waals surface area contributed by atoms with Crippen LogP contribution in [0.3, 0.4) is 0 Å². The van der Waals surface area contributed by atoms with Gasteiger partial charge in [-0.05, 0) is 24.3 Å². The lowest BCUT2D eigenvalue weighted by Crippen LogP contribution is -2.44. The molecule has 19 heavy (non-hydrogen) atoms. The first-order valence-electron chi connectivity index (χ1n) is 6.08. The van der Waals surface area contributed by atoms with Gasteiger partial charge in [0.25, 0.3) is 0 Å². The van der Waals surface area contributed by atoms with E-state index in [1.807, 2.05) is 50.5 Å². The van der Waals surface area contributed by atoms with Gasteiger partial charge in [0.2, 0.25) is 9.84 Å². The number of nitrogens with zero attached hydrogens (tertiary/aromatic N) is 1. The molecule has 0 aromatic heterocycles. The van der Waals surface area contributed by atoms with E-state index in [2.05, 4.69) is 0 Å². The highest BCUT2D eigenvalue weighted by Gasteiger charge is 2.28. The van der Waals surface area contributed by atoms with Gasteiger partial charge in [-0.3, -0.25) is 4.48 Å². The normalized spacial score (nSPS) is 12.3. The summed E-state index contributed by atoms with van der Waals surface area (Å²) >= 11 is 0. The molecular formula is C15H18NO2S+. The maximum absolute atomic E-state index is 12.4. The van der Waals surface area contributed by atoms with Gasteiger partial charge in [0.15, 0.2) is 5.88 Å². The second kappa shape index (κ2) is 5.15. The van der Waals surface area contributed by atoms with Crippen LogP contribution in [-0.4, -0.2) is 28.4 Å². The van der Waals surface area contributed by atoms with Crippen LogP contribution in [0.25, 0.3) is 0 Å². The van der Waals surface area contributed by atoms with E-state index < -0.39 is 9.84 Å². The molecule has 2 aromatic carbocycles. The molecule has 0 bridgehead atoms. The van der Waals surface area contributed by atoms with Crippen LogP contribution >= 0.6 is 0 Å². The Hall–Kier alpha value is -1.65. The molecule has 0 radical (unpaired) electrons. The molecule has 0 aliphatic carbocycles. The van der Waals surface area contributed by atoms with Crippen LogP contribution in [0.2, 0.25) is 0 Å². The van der Waals surface area contributed by atoms with Crippen LogP contribution in [-0.2, 0) is 9.84 Å². The first kappa shape index (κ1) is 13.8. The van der Waals surface area contributed by atoms with Crippen LogP contribution < -0.4 is 4.48 Å².